The van der Waals surface area contributed by atoms with Crippen LogP contribution < -0.4 is 5.32 Å². The molecule has 2 aromatic rings. The number of anilines is 1. The van der Waals surface area contributed by atoms with Gasteiger partial charge in [0.05, 0.1) is 0 Å². The van der Waals surface area contributed by atoms with E-state index in [-0.39, 0.29) is 12.5 Å². The number of rotatable bonds is 5. The van der Waals surface area contributed by atoms with Gasteiger partial charge in [-0.2, -0.15) is 0 Å². The van der Waals surface area contributed by atoms with Gasteiger partial charge < -0.3 is 10.4 Å². The van der Waals surface area contributed by atoms with Gasteiger partial charge in [-0.1, -0.05) is 29.8 Å². The molecule has 4 heteroatoms. The van der Waals surface area contributed by atoms with Gasteiger partial charge in [0.2, 0.25) is 0 Å². The lowest BCUT2D eigenvalue weighted by Crippen LogP contribution is -2.13. The molecule has 0 heterocycles. The molecule has 2 N–H and O–H groups in total. The van der Waals surface area contributed by atoms with E-state index in [0.717, 1.165) is 23.2 Å². The average Bonchev–Trinajstić information content (AvgIpc) is 2.48. The molecule has 3 nitrogen and oxygen atoms in total. The van der Waals surface area contributed by atoms with Crippen molar-refractivity contribution in [2.24, 2.45) is 0 Å². The fourth-order valence-electron chi connectivity index (χ4n) is 2.14. The smallest absolute Gasteiger partial charge is 0.255 e. The first-order chi connectivity index (χ1) is 10.1. The number of hydrogen-bond acceptors (Lipinski definition) is 2. The minimum Gasteiger partial charge on any atom is -0.396 e. The first kappa shape index (κ1) is 15.5. The van der Waals surface area contributed by atoms with Gasteiger partial charge >= 0.3 is 0 Å². The summed E-state index contributed by atoms with van der Waals surface area (Å²) in [7, 11) is 0. The molecule has 1 amide bonds. The van der Waals surface area contributed by atoms with E-state index >= 15 is 0 Å². The Labute approximate surface area is 129 Å². The molecule has 0 radical (unpaired) electrons. The van der Waals surface area contributed by atoms with Gasteiger partial charge in [0, 0.05) is 22.9 Å². The Bertz CT molecular complexity index is 640. The van der Waals surface area contributed by atoms with E-state index < -0.39 is 0 Å². The third-order valence-electron chi connectivity index (χ3n) is 3.32. The van der Waals surface area contributed by atoms with Crippen molar-refractivity contribution in [3.05, 3.63) is 64.2 Å². The summed E-state index contributed by atoms with van der Waals surface area (Å²) in [5.41, 5.74) is 3.18. The molecule has 110 valence electrons. The first-order valence-electron chi connectivity index (χ1n) is 6.88. The second-order valence-corrected chi connectivity index (χ2v) is 5.30. The Hall–Kier alpha value is -1.84. The van der Waals surface area contributed by atoms with Gasteiger partial charge in [0.25, 0.3) is 5.91 Å². The largest absolute Gasteiger partial charge is 0.396 e. The summed E-state index contributed by atoms with van der Waals surface area (Å²) in [4.78, 5) is 12.3. The summed E-state index contributed by atoms with van der Waals surface area (Å²) in [6.45, 7) is 1.99. The van der Waals surface area contributed by atoms with Crippen LogP contribution in [0.1, 0.15) is 27.9 Å². The van der Waals surface area contributed by atoms with E-state index in [0.29, 0.717) is 17.0 Å². The normalized spacial score (nSPS) is 10.4. The molecule has 2 rings (SSSR count). The van der Waals surface area contributed by atoms with E-state index in [2.05, 4.69) is 5.32 Å². The molecule has 0 unspecified atom stereocenters. The minimum atomic E-state index is -0.172. The number of aryl methyl sites for hydroxylation is 1. The summed E-state index contributed by atoms with van der Waals surface area (Å²) < 4.78 is 0. The molecule has 21 heavy (non-hydrogen) atoms. The molecular weight excluding hydrogens is 286 g/mol. The molecule has 0 fully saturated rings. The number of nitrogens with one attached hydrogen (secondary N) is 1. The summed E-state index contributed by atoms with van der Waals surface area (Å²) >= 11 is 6.04. The zero-order valence-electron chi connectivity index (χ0n) is 11.9. The number of hydrogen-bond donors (Lipinski definition) is 2. The summed E-state index contributed by atoms with van der Waals surface area (Å²) in [6.07, 6.45) is 1.50. The highest BCUT2D eigenvalue weighted by Crippen LogP contribution is 2.20. The van der Waals surface area contributed by atoms with Crippen molar-refractivity contribution in [2.75, 3.05) is 11.9 Å². The third kappa shape index (κ3) is 4.06. The van der Waals surface area contributed by atoms with Gasteiger partial charge in [0.1, 0.15) is 0 Å². The Morgan fingerprint density at radius 2 is 2.00 bits per heavy atom. The van der Waals surface area contributed by atoms with Crippen molar-refractivity contribution in [3.63, 3.8) is 0 Å². The number of halogens is 1. The number of carbonyl (C=O) groups is 1. The van der Waals surface area contributed by atoms with Crippen LogP contribution in [-0.2, 0) is 6.42 Å². The van der Waals surface area contributed by atoms with Crippen molar-refractivity contribution in [2.45, 2.75) is 19.8 Å². The lowest BCUT2D eigenvalue weighted by atomic mass is 10.1. The van der Waals surface area contributed by atoms with Crippen LogP contribution in [0.5, 0.6) is 0 Å². The van der Waals surface area contributed by atoms with Crippen molar-refractivity contribution in [1.82, 2.24) is 0 Å². The molecule has 0 aliphatic carbocycles. The van der Waals surface area contributed by atoms with Crippen molar-refractivity contribution < 1.29 is 9.90 Å². The number of benzene rings is 2. The van der Waals surface area contributed by atoms with Gasteiger partial charge in [0.15, 0.2) is 0 Å². The zero-order chi connectivity index (χ0) is 15.2. The molecule has 0 aliphatic rings. The fraction of sp³-hybridized carbons (Fsp3) is 0.235. The molecule has 0 aliphatic heterocycles. The highest BCUT2D eigenvalue weighted by atomic mass is 35.5. The van der Waals surface area contributed by atoms with E-state index in [1.807, 2.05) is 31.2 Å². The molecule has 2 aromatic carbocycles. The predicted octanol–water partition coefficient (Wildman–Crippen LogP) is 3.83. The van der Waals surface area contributed by atoms with Crippen LogP contribution >= 0.6 is 11.6 Å². The van der Waals surface area contributed by atoms with Crippen molar-refractivity contribution >= 4 is 23.2 Å². The van der Waals surface area contributed by atoms with Crippen LogP contribution in [0.2, 0.25) is 5.02 Å². The number of aliphatic hydroxyl groups excluding tert-OH is 1. The summed E-state index contributed by atoms with van der Waals surface area (Å²) in [5.74, 6) is -0.172. The molecule has 0 spiro atoms. The molecular formula is C17H18ClNO2. The maximum Gasteiger partial charge on any atom is 0.255 e. The topological polar surface area (TPSA) is 49.3 Å². The second kappa shape index (κ2) is 7.25. The van der Waals surface area contributed by atoms with Crippen molar-refractivity contribution in [1.29, 1.82) is 0 Å². The van der Waals surface area contributed by atoms with E-state index in [1.54, 1.807) is 18.2 Å². The quantitative estimate of drug-likeness (QED) is 0.882. The second-order valence-electron chi connectivity index (χ2n) is 4.89. The zero-order valence-corrected chi connectivity index (χ0v) is 12.7. The number of carbonyl (C=O) groups excluding carboxylic acids is 1. The van der Waals surface area contributed by atoms with Gasteiger partial charge in [-0.05, 0) is 55.2 Å². The van der Waals surface area contributed by atoms with Crippen LogP contribution in [0.15, 0.2) is 42.5 Å². The number of amides is 1. The summed E-state index contributed by atoms with van der Waals surface area (Å²) in [6, 6.07) is 12.9. The van der Waals surface area contributed by atoms with Crippen LogP contribution in [-0.4, -0.2) is 17.6 Å². The Morgan fingerprint density at radius 3 is 2.76 bits per heavy atom. The molecule has 0 atom stereocenters. The fourth-order valence-corrected chi connectivity index (χ4v) is 2.31. The van der Waals surface area contributed by atoms with Crippen LogP contribution in [0.3, 0.4) is 0 Å². The predicted molar refractivity (Wildman–Crippen MR) is 86.0 cm³/mol. The Balaban J connectivity index is 2.14. The van der Waals surface area contributed by atoms with Crippen LogP contribution in [0.4, 0.5) is 5.69 Å². The van der Waals surface area contributed by atoms with Gasteiger partial charge in [-0.25, -0.2) is 0 Å². The minimum absolute atomic E-state index is 0.165. The monoisotopic (exact) mass is 303 g/mol. The lowest BCUT2D eigenvalue weighted by molar-refractivity contribution is 0.102. The summed E-state index contributed by atoms with van der Waals surface area (Å²) in [5, 5.41) is 12.3. The SMILES string of the molecule is Cc1c(Cl)cccc1C(=O)Nc1cccc(CCCO)c1. The number of aliphatic hydroxyl groups is 1. The highest BCUT2D eigenvalue weighted by molar-refractivity contribution is 6.32. The van der Waals surface area contributed by atoms with Crippen molar-refractivity contribution in [3.8, 4) is 0 Å². The van der Waals surface area contributed by atoms with Crippen LogP contribution in [0, 0.1) is 6.92 Å². The van der Waals surface area contributed by atoms with E-state index in [4.69, 9.17) is 16.7 Å². The molecule has 0 bridgehead atoms. The average molecular weight is 304 g/mol. The first-order valence-corrected chi connectivity index (χ1v) is 7.26. The maximum absolute atomic E-state index is 12.3. The third-order valence-corrected chi connectivity index (χ3v) is 3.73. The molecule has 0 aromatic heterocycles. The Kier molecular flexibility index (Phi) is 5.37. The highest BCUT2D eigenvalue weighted by Gasteiger charge is 2.11. The lowest BCUT2D eigenvalue weighted by Gasteiger charge is -2.10. The van der Waals surface area contributed by atoms with Gasteiger partial charge in [-0.15, -0.1) is 0 Å². The maximum atomic E-state index is 12.3. The van der Waals surface area contributed by atoms with E-state index in [1.165, 1.54) is 0 Å². The van der Waals surface area contributed by atoms with Crippen LogP contribution in [0.25, 0.3) is 0 Å². The molecule has 0 saturated heterocycles. The standard InChI is InChI=1S/C17H18ClNO2/c1-12-15(8-3-9-16(12)18)17(21)19-14-7-2-5-13(11-14)6-4-10-20/h2-3,5,7-9,11,20H,4,6,10H2,1H3,(H,19,21). The Morgan fingerprint density at radius 1 is 1.24 bits per heavy atom. The van der Waals surface area contributed by atoms with E-state index in [9.17, 15) is 4.79 Å². The van der Waals surface area contributed by atoms with Gasteiger partial charge in [-0.3, -0.25) is 4.79 Å². The molecule has 0 saturated carbocycles.